The number of epoxide rings is 1. The van der Waals surface area contributed by atoms with Gasteiger partial charge in [-0.1, -0.05) is 38.1 Å². The van der Waals surface area contributed by atoms with Crippen molar-refractivity contribution in [2.45, 2.75) is 45.3 Å². The Morgan fingerprint density at radius 1 is 0.906 bits per heavy atom. The Labute approximate surface area is 188 Å². The maximum Gasteiger partial charge on any atom is 0.303 e. The van der Waals surface area contributed by atoms with Crippen LogP contribution in [0.1, 0.15) is 38.8 Å². The summed E-state index contributed by atoms with van der Waals surface area (Å²) >= 11 is 0. The number of rotatable bonds is 11. The molecule has 0 spiro atoms. The Bertz CT molecular complexity index is 899. The topological polar surface area (TPSA) is 83.6 Å². The zero-order chi connectivity index (χ0) is 23.1. The SMILES string of the molecule is CC(=O)OC[C@H](COc1ccc(C(C)(C)c2ccc(OC[C@H]3CO3)cc2)cc1)OC(C)=O. The minimum absolute atomic E-state index is 0.0482. The first-order valence-electron chi connectivity index (χ1n) is 10.6. The van der Waals surface area contributed by atoms with Crippen LogP contribution in [0, 0.1) is 0 Å². The highest BCUT2D eigenvalue weighted by Gasteiger charge is 2.25. The van der Waals surface area contributed by atoms with Gasteiger partial charge in [0.1, 0.15) is 37.4 Å². The van der Waals surface area contributed by atoms with Gasteiger partial charge in [0.05, 0.1) is 6.61 Å². The van der Waals surface area contributed by atoms with Crippen LogP contribution in [0.4, 0.5) is 0 Å². The van der Waals surface area contributed by atoms with Crippen LogP contribution in [-0.4, -0.2) is 50.6 Å². The third-order valence-corrected chi connectivity index (χ3v) is 5.23. The smallest absolute Gasteiger partial charge is 0.303 e. The van der Waals surface area contributed by atoms with Gasteiger partial charge in [-0.15, -0.1) is 0 Å². The molecule has 1 aliphatic rings. The van der Waals surface area contributed by atoms with Crippen LogP contribution in [0.5, 0.6) is 11.5 Å². The summed E-state index contributed by atoms with van der Waals surface area (Å²) in [6, 6.07) is 15.9. The van der Waals surface area contributed by atoms with E-state index in [1.54, 1.807) is 0 Å². The molecule has 32 heavy (non-hydrogen) atoms. The molecule has 0 aromatic heterocycles. The van der Waals surface area contributed by atoms with Gasteiger partial charge in [0, 0.05) is 19.3 Å². The number of hydrogen-bond acceptors (Lipinski definition) is 7. The molecular formula is C25H30O7. The fraction of sp³-hybridized carbons (Fsp3) is 0.440. The van der Waals surface area contributed by atoms with E-state index in [1.807, 2.05) is 36.4 Å². The van der Waals surface area contributed by atoms with Crippen molar-refractivity contribution in [3.8, 4) is 11.5 Å². The Morgan fingerprint density at radius 3 is 1.91 bits per heavy atom. The number of ether oxygens (including phenoxy) is 5. The molecule has 7 nitrogen and oxygen atoms in total. The second-order valence-electron chi connectivity index (χ2n) is 8.29. The minimum atomic E-state index is -0.667. The molecule has 1 heterocycles. The highest BCUT2D eigenvalue weighted by Crippen LogP contribution is 2.33. The summed E-state index contributed by atoms with van der Waals surface area (Å²) < 4.78 is 26.7. The lowest BCUT2D eigenvalue weighted by molar-refractivity contribution is -0.158. The van der Waals surface area contributed by atoms with Crippen LogP contribution < -0.4 is 9.47 Å². The van der Waals surface area contributed by atoms with Crippen molar-refractivity contribution in [1.29, 1.82) is 0 Å². The van der Waals surface area contributed by atoms with E-state index in [0.29, 0.717) is 12.4 Å². The van der Waals surface area contributed by atoms with Gasteiger partial charge in [0.25, 0.3) is 0 Å². The van der Waals surface area contributed by atoms with Gasteiger partial charge in [0.2, 0.25) is 0 Å². The number of hydrogen-bond donors (Lipinski definition) is 0. The van der Waals surface area contributed by atoms with E-state index in [2.05, 4.69) is 26.0 Å². The molecule has 0 amide bonds. The van der Waals surface area contributed by atoms with E-state index in [9.17, 15) is 9.59 Å². The van der Waals surface area contributed by atoms with Crippen LogP contribution in [0.25, 0.3) is 0 Å². The molecule has 1 saturated heterocycles. The molecule has 1 fully saturated rings. The van der Waals surface area contributed by atoms with Crippen molar-refractivity contribution in [1.82, 2.24) is 0 Å². The van der Waals surface area contributed by atoms with Crippen LogP contribution in [0.3, 0.4) is 0 Å². The van der Waals surface area contributed by atoms with Gasteiger partial charge in [-0.05, 0) is 35.4 Å². The lowest BCUT2D eigenvalue weighted by atomic mass is 9.78. The summed E-state index contributed by atoms with van der Waals surface area (Å²) in [4.78, 5) is 22.3. The molecule has 0 N–H and O–H groups in total. The maximum atomic E-state index is 11.3. The summed E-state index contributed by atoms with van der Waals surface area (Å²) in [6.45, 7) is 8.33. The first-order chi connectivity index (χ1) is 15.2. The van der Waals surface area contributed by atoms with E-state index >= 15 is 0 Å². The Balaban J connectivity index is 1.59. The quantitative estimate of drug-likeness (QED) is 0.388. The molecule has 0 bridgehead atoms. The van der Waals surface area contributed by atoms with Crippen molar-refractivity contribution in [2.24, 2.45) is 0 Å². The van der Waals surface area contributed by atoms with Crippen molar-refractivity contribution in [3.63, 3.8) is 0 Å². The molecule has 0 aliphatic carbocycles. The van der Waals surface area contributed by atoms with Gasteiger partial charge in [0.15, 0.2) is 6.10 Å². The zero-order valence-electron chi connectivity index (χ0n) is 19.0. The monoisotopic (exact) mass is 442 g/mol. The fourth-order valence-corrected chi connectivity index (χ4v) is 3.21. The van der Waals surface area contributed by atoms with Gasteiger partial charge in [-0.2, -0.15) is 0 Å². The van der Waals surface area contributed by atoms with Crippen molar-refractivity contribution >= 4 is 11.9 Å². The third kappa shape index (κ3) is 6.99. The van der Waals surface area contributed by atoms with E-state index in [0.717, 1.165) is 23.5 Å². The van der Waals surface area contributed by atoms with E-state index < -0.39 is 18.0 Å². The van der Waals surface area contributed by atoms with Crippen LogP contribution in [0.15, 0.2) is 48.5 Å². The second kappa shape index (κ2) is 10.5. The largest absolute Gasteiger partial charge is 0.491 e. The average Bonchev–Trinajstić information content (AvgIpc) is 3.59. The molecule has 1 aliphatic heterocycles. The van der Waals surface area contributed by atoms with E-state index in [-0.39, 0.29) is 24.7 Å². The molecule has 7 heteroatoms. The Kier molecular flexibility index (Phi) is 7.75. The maximum absolute atomic E-state index is 11.3. The summed E-state index contributed by atoms with van der Waals surface area (Å²) in [5.74, 6) is 0.570. The van der Waals surface area contributed by atoms with E-state index in [1.165, 1.54) is 13.8 Å². The first kappa shape index (κ1) is 23.6. The average molecular weight is 443 g/mol. The molecule has 172 valence electrons. The number of benzene rings is 2. The highest BCUT2D eigenvalue weighted by atomic mass is 16.6. The first-order valence-corrected chi connectivity index (χ1v) is 10.6. The minimum Gasteiger partial charge on any atom is -0.491 e. The lowest BCUT2D eigenvalue weighted by Crippen LogP contribution is -2.29. The zero-order valence-corrected chi connectivity index (χ0v) is 19.0. The van der Waals surface area contributed by atoms with Crippen molar-refractivity contribution < 1.29 is 33.3 Å². The van der Waals surface area contributed by atoms with Crippen molar-refractivity contribution in [3.05, 3.63) is 59.7 Å². The lowest BCUT2D eigenvalue weighted by Gasteiger charge is -2.26. The van der Waals surface area contributed by atoms with Crippen LogP contribution >= 0.6 is 0 Å². The molecule has 0 radical (unpaired) electrons. The number of esters is 2. The standard InChI is InChI=1S/C25H30O7/c1-17(26)28-15-24(32-18(2)27)16-30-22-11-7-20(8-12-22)25(3,4)19-5-9-21(10-6-19)29-13-23-14-31-23/h5-12,23-24H,13-16H2,1-4H3/t23-,24+/m0/s1. The Morgan fingerprint density at radius 2 is 1.44 bits per heavy atom. The molecule has 2 atom stereocenters. The van der Waals surface area contributed by atoms with Gasteiger partial charge < -0.3 is 23.7 Å². The molecule has 0 unspecified atom stereocenters. The molecule has 2 aromatic carbocycles. The van der Waals surface area contributed by atoms with Gasteiger partial charge in [-0.3, -0.25) is 9.59 Å². The molecule has 3 rings (SSSR count). The number of carbonyl (C=O) groups is 2. The highest BCUT2D eigenvalue weighted by molar-refractivity contribution is 5.67. The third-order valence-electron chi connectivity index (χ3n) is 5.23. The summed E-state index contributed by atoms with van der Waals surface area (Å²) in [5, 5.41) is 0. The predicted octanol–water partition coefficient (Wildman–Crippen LogP) is 3.66. The summed E-state index contributed by atoms with van der Waals surface area (Å²) in [7, 11) is 0. The van der Waals surface area contributed by atoms with E-state index in [4.69, 9.17) is 23.7 Å². The van der Waals surface area contributed by atoms with Gasteiger partial charge >= 0.3 is 11.9 Å². The van der Waals surface area contributed by atoms with Crippen LogP contribution in [-0.2, 0) is 29.2 Å². The second-order valence-corrected chi connectivity index (χ2v) is 8.29. The molecular weight excluding hydrogens is 412 g/mol. The normalized spacial score (nSPS) is 16.1. The van der Waals surface area contributed by atoms with Crippen molar-refractivity contribution in [2.75, 3.05) is 26.4 Å². The van der Waals surface area contributed by atoms with Gasteiger partial charge in [-0.25, -0.2) is 0 Å². The molecule has 0 saturated carbocycles. The number of carbonyl (C=O) groups excluding carboxylic acids is 2. The fourth-order valence-electron chi connectivity index (χ4n) is 3.21. The van der Waals surface area contributed by atoms with Crippen LogP contribution in [0.2, 0.25) is 0 Å². The predicted molar refractivity (Wildman–Crippen MR) is 118 cm³/mol. The summed E-state index contributed by atoms with van der Waals surface area (Å²) in [5.41, 5.74) is 2.07. The summed E-state index contributed by atoms with van der Waals surface area (Å²) in [6.07, 6.45) is -0.433. The molecule has 2 aromatic rings. The Hall–Kier alpha value is -3.06.